The first-order chi connectivity index (χ1) is 9.61. The SMILES string of the molecule is CNCCN(C)C(=O)c1ccc(-c2ccc(Br)cc2)s1.Cl. The Labute approximate surface area is 143 Å². The van der Waals surface area contributed by atoms with Crippen LogP contribution in [0.4, 0.5) is 0 Å². The average Bonchev–Trinajstić information content (AvgIpc) is 2.94. The highest BCUT2D eigenvalue weighted by atomic mass is 79.9. The Morgan fingerprint density at radius 2 is 1.90 bits per heavy atom. The molecule has 2 aromatic rings. The Morgan fingerprint density at radius 3 is 2.52 bits per heavy atom. The number of amides is 1. The summed E-state index contributed by atoms with van der Waals surface area (Å²) in [5, 5.41) is 3.05. The van der Waals surface area contributed by atoms with E-state index in [1.165, 1.54) is 11.3 Å². The monoisotopic (exact) mass is 388 g/mol. The lowest BCUT2D eigenvalue weighted by atomic mass is 10.2. The summed E-state index contributed by atoms with van der Waals surface area (Å²) >= 11 is 4.96. The summed E-state index contributed by atoms with van der Waals surface area (Å²) in [6, 6.07) is 12.0. The summed E-state index contributed by atoms with van der Waals surface area (Å²) < 4.78 is 1.06. The molecule has 21 heavy (non-hydrogen) atoms. The molecule has 1 amide bonds. The largest absolute Gasteiger partial charge is 0.340 e. The maximum absolute atomic E-state index is 12.3. The minimum absolute atomic E-state index is 0. The van der Waals surface area contributed by atoms with Crippen LogP contribution in [0.5, 0.6) is 0 Å². The molecular formula is C15H18BrClN2OS. The molecule has 2 rings (SSSR count). The topological polar surface area (TPSA) is 32.3 Å². The van der Waals surface area contributed by atoms with Gasteiger partial charge in [-0.2, -0.15) is 0 Å². The summed E-state index contributed by atoms with van der Waals surface area (Å²) in [5.74, 6) is 0.0774. The predicted octanol–water partition coefficient (Wildman–Crippen LogP) is 3.89. The molecule has 114 valence electrons. The van der Waals surface area contributed by atoms with E-state index in [9.17, 15) is 4.79 Å². The number of benzene rings is 1. The zero-order chi connectivity index (χ0) is 14.5. The molecule has 0 aliphatic heterocycles. The number of thiophene rings is 1. The van der Waals surface area contributed by atoms with Gasteiger partial charge in [-0.1, -0.05) is 28.1 Å². The molecule has 1 aromatic heterocycles. The third kappa shape index (κ3) is 4.81. The number of likely N-dealkylation sites (N-methyl/N-ethyl adjacent to an activating group) is 2. The van der Waals surface area contributed by atoms with Crippen LogP contribution < -0.4 is 5.32 Å². The van der Waals surface area contributed by atoms with Crippen molar-refractivity contribution in [2.75, 3.05) is 27.2 Å². The van der Waals surface area contributed by atoms with Crippen molar-refractivity contribution in [3.8, 4) is 10.4 Å². The van der Waals surface area contributed by atoms with Gasteiger partial charge in [0.15, 0.2) is 0 Å². The molecule has 0 saturated heterocycles. The van der Waals surface area contributed by atoms with Crippen LogP contribution in [0.1, 0.15) is 9.67 Å². The van der Waals surface area contributed by atoms with Crippen LogP contribution >= 0.6 is 39.7 Å². The van der Waals surface area contributed by atoms with Crippen LogP contribution in [0.15, 0.2) is 40.9 Å². The van der Waals surface area contributed by atoms with Crippen molar-refractivity contribution in [1.29, 1.82) is 0 Å². The van der Waals surface area contributed by atoms with E-state index >= 15 is 0 Å². The van der Waals surface area contributed by atoms with Gasteiger partial charge in [-0.05, 0) is 36.9 Å². The van der Waals surface area contributed by atoms with Crippen LogP contribution in [0.3, 0.4) is 0 Å². The number of hydrogen-bond donors (Lipinski definition) is 1. The van der Waals surface area contributed by atoms with Gasteiger partial charge in [0.25, 0.3) is 5.91 Å². The molecule has 0 aliphatic carbocycles. The highest BCUT2D eigenvalue weighted by Gasteiger charge is 2.14. The first kappa shape index (κ1) is 18.2. The third-order valence-corrected chi connectivity index (χ3v) is 4.64. The molecule has 0 atom stereocenters. The smallest absolute Gasteiger partial charge is 0.263 e. The number of carbonyl (C=O) groups is 1. The van der Waals surface area contributed by atoms with Gasteiger partial charge >= 0.3 is 0 Å². The molecule has 0 radical (unpaired) electrons. The zero-order valence-corrected chi connectivity index (χ0v) is 15.1. The molecule has 0 spiro atoms. The van der Waals surface area contributed by atoms with Crippen molar-refractivity contribution in [1.82, 2.24) is 10.2 Å². The van der Waals surface area contributed by atoms with E-state index < -0.39 is 0 Å². The fraction of sp³-hybridized carbons (Fsp3) is 0.267. The Kier molecular flexibility index (Phi) is 7.39. The molecule has 6 heteroatoms. The Morgan fingerprint density at radius 1 is 1.24 bits per heavy atom. The normalized spacial score (nSPS) is 10.0. The summed E-state index contributed by atoms with van der Waals surface area (Å²) in [4.78, 5) is 15.9. The molecule has 0 saturated carbocycles. The van der Waals surface area contributed by atoms with E-state index in [2.05, 4.69) is 33.4 Å². The molecule has 0 bridgehead atoms. The maximum atomic E-state index is 12.3. The predicted molar refractivity (Wildman–Crippen MR) is 95.6 cm³/mol. The van der Waals surface area contributed by atoms with Crippen LogP contribution in [0.25, 0.3) is 10.4 Å². The van der Waals surface area contributed by atoms with E-state index in [-0.39, 0.29) is 18.3 Å². The minimum atomic E-state index is 0. The van der Waals surface area contributed by atoms with Gasteiger partial charge in [0.2, 0.25) is 0 Å². The van der Waals surface area contributed by atoms with Gasteiger partial charge in [-0.25, -0.2) is 0 Å². The molecule has 3 nitrogen and oxygen atoms in total. The quantitative estimate of drug-likeness (QED) is 0.841. The number of halogens is 2. The van der Waals surface area contributed by atoms with Crippen LogP contribution in [-0.2, 0) is 0 Å². The number of rotatable bonds is 5. The number of hydrogen-bond acceptors (Lipinski definition) is 3. The average molecular weight is 390 g/mol. The first-order valence-corrected chi connectivity index (χ1v) is 7.98. The molecule has 0 fully saturated rings. The Balaban J connectivity index is 0.00000220. The maximum Gasteiger partial charge on any atom is 0.263 e. The number of nitrogens with one attached hydrogen (secondary N) is 1. The number of carbonyl (C=O) groups excluding carboxylic acids is 1. The lowest BCUT2D eigenvalue weighted by molar-refractivity contribution is 0.0801. The van der Waals surface area contributed by atoms with Crippen molar-refractivity contribution < 1.29 is 4.79 Å². The van der Waals surface area contributed by atoms with Gasteiger partial charge in [0, 0.05) is 29.5 Å². The van der Waals surface area contributed by atoms with E-state index in [0.29, 0.717) is 6.54 Å². The van der Waals surface area contributed by atoms with Crippen molar-refractivity contribution in [2.24, 2.45) is 0 Å². The molecule has 1 heterocycles. The third-order valence-electron chi connectivity index (χ3n) is 2.99. The van der Waals surface area contributed by atoms with E-state index in [1.54, 1.807) is 4.90 Å². The molecule has 1 aromatic carbocycles. The van der Waals surface area contributed by atoms with Gasteiger partial charge < -0.3 is 10.2 Å². The van der Waals surface area contributed by atoms with Crippen molar-refractivity contribution in [3.63, 3.8) is 0 Å². The summed E-state index contributed by atoms with van der Waals surface area (Å²) in [5.41, 5.74) is 1.13. The van der Waals surface area contributed by atoms with Crippen molar-refractivity contribution in [3.05, 3.63) is 45.7 Å². The highest BCUT2D eigenvalue weighted by molar-refractivity contribution is 9.10. The summed E-state index contributed by atoms with van der Waals surface area (Å²) in [6.45, 7) is 1.51. The highest BCUT2D eigenvalue weighted by Crippen LogP contribution is 2.29. The molecule has 0 aliphatic rings. The Bertz CT molecular complexity index is 586. The van der Waals surface area contributed by atoms with Gasteiger partial charge in [-0.15, -0.1) is 23.7 Å². The minimum Gasteiger partial charge on any atom is -0.340 e. The molecular weight excluding hydrogens is 372 g/mol. The standard InChI is InChI=1S/C15H17BrN2OS.ClH/c1-17-9-10-18(2)15(19)14-8-7-13(20-14)11-3-5-12(16)6-4-11;/h3-8,17H,9-10H2,1-2H3;1H. The summed E-state index contributed by atoms with van der Waals surface area (Å²) in [6.07, 6.45) is 0. The van der Waals surface area contributed by atoms with Crippen LogP contribution in [-0.4, -0.2) is 38.0 Å². The van der Waals surface area contributed by atoms with E-state index in [0.717, 1.165) is 26.3 Å². The summed E-state index contributed by atoms with van der Waals surface area (Å²) in [7, 11) is 3.72. The van der Waals surface area contributed by atoms with Crippen LogP contribution in [0.2, 0.25) is 0 Å². The second-order valence-electron chi connectivity index (χ2n) is 4.50. The van der Waals surface area contributed by atoms with Gasteiger partial charge in [0.05, 0.1) is 4.88 Å². The number of nitrogens with zero attached hydrogens (tertiary/aromatic N) is 1. The second kappa shape index (κ2) is 8.54. The van der Waals surface area contributed by atoms with Crippen LogP contribution in [0, 0.1) is 0 Å². The van der Waals surface area contributed by atoms with E-state index in [1.807, 2.05) is 38.4 Å². The fourth-order valence-electron chi connectivity index (χ4n) is 1.79. The lowest BCUT2D eigenvalue weighted by Crippen LogP contribution is -2.32. The second-order valence-corrected chi connectivity index (χ2v) is 6.50. The zero-order valence-electron chi connectivity index (χ0n) is 11.9. The van der Waals surface area contributed by atoms with Gasteiger partial charge in [-0.3, -0.25) is 4.79 Å². The van der Waals surface area contributed by atoms with Gasteiger partial charge in [0.1, 0.15) is 0 Å². The molecule has 0 unspecified atom stereocenters. The van der Waals surface area contributed by atoms with E-state index in [4.69, 9.17) is 0 Å². The lowest BCUT2D eigenvalue weighted by Gasteiger charge is -2.15. The Hall–Kier alpha value is -0.880. The van der Waals surface area contributed by atoms with Crippen molar-refractivity contribution in [2.45, 2.75) is 0 Å². The first-order valence-electron chi connectivity index (χ1n) is 6.37. The molecule has 1 N–H and O–H groups in total. The van der Waals surface area contributed by atoms with Crippen molar-refractivity contribution >= 4 is 45.6 Å². The fourth-order valence-corrected chi connectivity index (χ4v) is 3.06.